The second kappa shape index (κ2) is 8.89. The molecule has 162 valence electrons. The van der Waals surface area contributed by atoms with Crippen LogP contribution in [0.25, 0.3) is 0 Å². The van der Waals surface area contributed by atoms with Crippen molar-refractivity contribution >= 4 is 21.6 Å². The maximum absolute atomic E-state index is 13.1. The smallest absolute Gasteiger partial charge is 0.264 e. The van der Waals surface area contributed by atoms with Gasteiger partial charge in [0.2, 0.25) is 0 Å². The second-order valence-corrected chi connectivity index (χ2v) is 9.50. The number of amides is 1. The Morgan fingerprint density at radius 2 is 1.58 bits per heavy atom. The molecule has 0 spiro atoms. The van der Waals surface area contributed by atoms with Crippen molar-refractivity contribution in [2.45, 2.75) is 31.7 Å². The van der Waals surface area contributed by atoms with Crippen molar-refractivity contribution in [3.8, 4) is 0 Å². The van der Waals surface area contributed by atoms with Gasteiger partial charge in [-0.25, -0.2) is 12.8 Å². The van der Waals surface area contributed by atoms with Crippen molar-refractivity contribution in [3.63, 3.8) is 0 Å². The van der Waals surface area contributed by atoms with Gasteiger partial charge in [0.1, 0.15) is 5.82 Å². The van der Waals surface area contributed by atoms with Crippen LogP contribution in [0.15, 0.2) is 71.6 Å². The van der Waals surface area contributed by atoms with Crippen LogP contribution in [-0.4, -0.2) is 21.4 Å². The highest BCUT2D eigenvalue weighted by Gasteiger charge is 2.23. The Balaban J connectivity index is 1.86. The molecule has 7 heteroatoms. The summed E-state index contributed by atoms with van der Waals surface area (Å²) in [7, 11) is -2.31. The molecule has 1 N–H and O–H groups in total. The molecule has 3 aromatic rings. The van der Waals surface area contributed by atoms with E-state index < -0.39 is 10.0 Å². The van der Waals surface area contributed by atoms with Crippen LogP contribution < -0.4 is 9.62 Å². The summed E-state index contributed by atoms with van der Waals surface area (Å²) in [4.78, 5) is 13.0. The van der Waals surface area contributed by atoms with Crippen LogP contribution in [0.2, 0.25) is 0 Å². The lowest BCUT2D eigenvalue weighted by molar-refractivity contribution is 0.0940. The average molecular weight is 441 g/mol. The fourth-order valence-electron chi connectivity index (χ4n) is 3.20. The summed E-state index contributed by atoms with van der Waals surface area (Å²) in [5, 5.41) is 2.86. The van der Waals surface area contributed by atoms with Gasteiger partial charge in [0.15, 0.2) is 0 Å². The molecule has 0 aliphatic rings. The number of hydrogen-bond donors (Lipinski definition) is 1. The normalized spacial score (nSPS) is 12.3. The molecular weight excluding hydrogens is 415 g/mol. The number of benzene rings is 3. The van der Waals surface area contributed by atoms with Gasteiger partial charge in [-0.15, -0.1) is 0 Å². The van der Waals surface area contributed by atoms with Gasteiger partial charge in [-0.05, 0) is 68.3 Å². The lowest BCUT2D eigenvalue weighted by atomic mass is 10.1. The van der Waals surface area contributed by atoms with Gasteiger partial charge < -0.3 is 5.32 Å². The summed E-state index contributed by atoms with van der Waals surface area (Å²) in [6.45, 7) is 5.48. The van der Waals surface area contributed by atoms with Gasteiger partial charge in [-0.2, -0.15) is 0 Å². The Kier molecular flexibility index (Phi) is 6.45. The highest BCUT2D eigenvalue weighted by Crippen LogP contribution is 2.27. The van der Waals surface area contributed by atoms with Crippen LogP contribution in [0.4, 0.5) is 10.1 Å². The van der Waals surface area contributed by atoms with Gasteiger partial charge in [0, 0.05) is 12.6 Å². The van der Waals surface area contributed by atoms with Crippen molar-refractivity contribution in [2.75, 3.05) is 11.4 Å². The van der Waals surface area contributed by atoms with E-state index in [1.807, 2.05) is 6.92 Å². The fourth-order valence-corrected chi connectivity index (χ4v) is 4.45. The summed E-state index contributed by atoms with van der Waals surface area (Å²) in [6, 6.07) is 17.1. The number of hydrogen-bond acceptors (Lipinski definition) is 3. The number of halogens is 1. The molecule has 1 atom stereocenters. The number of carbonyl (C=O) groups excluding carboxylic acids is 1. The molecule has 0 bridgehead atoms. The van der Waals surface area contributed by atoms with Gasteiger partial charge >= 0.3 is 0 Å². The van der Waals surface area contributed by atoms with E-state index in [1.165, 1.54) is 23.5 Å². The van der Waals surface area contributed by atoms with Gasteiger partial charge in [-0.3, -0.25) is 9.10 Å². The Labute approximate surface area is 182 Å². The zero-order chi connectivity index (χ0) is 22.8. The predicted molar refractivity (Wildman–Crippen MR) is 120 cm³/mol. The zero-order valence-electron chi connectivity index (χ0n) is 17.9. The quantitative estimate of drug-likeness (QED) is 0.601. The monoisotopic (exact) mass is 440 g/mol. The first-order valence-electron chi connectivity index (χ1n) is 9.82. The highest BCUT2D eigenvalue weighted by molar-refractivity contribution is 7.92. The number of carbonyl (C=O) groups is 1. The minimum atomic E-state index is -3.78. The van der Waals surface area contributed by atoms with Crippen LogP contribution in [0, 0.1) is 19.7 Å². The molecular formula is C24H25FN2O3S. The van der Waals surface area contributed by atoms with E-state index in [-0.39, 0.29) is 22.7 Å². The van der Waals surface area contributed by atoms with E-state index >= 15 is 0 Å². The molecule has 1 amide bonds. The first kappa shape index (κ1) is 22.5. The van der Waals surface area contributed by atoms with E-state index in [0.717, 1.165) is 16.7 Å². The van der Waals surface area contributed by atoms with Crippen molar-refractivity contribution < 1.29 is 17.6 Å². The molecule has 1 unspecified atom stereocenters. The highest BCUT2D eigenvalue weighted by atomic mass is 32.2. The molecule has 3 aromatic carbocycles. The second-order valence-electron chi connectivity index (χ2n) is 7.53. The van der Waals surface area contributed by atoms with E-state index in [0.29, 0.717) is 11.3 Å². The lowest BCUT2D eigenvalue weighted by Crippen LogP contribution is -2.29. The average Bonchev–Trinajstić information content (AvgIpc) is 2.74. The first-order valence-corrected chi connectivity index (χ1v) is 11.3. The third-order valence-corrected chi connectivity index (χ3v) is 6.99. The Bertz CT molecular complexity index is 1190. The van der Waals surface area contributed by atoms with Crippen molar-refractivity contribution in [1.82, 2.24) is 5.32 Å². The zero-order valence-corrected chi connectivity index (χ0v) is 18.7. The number of nitrogens with one attached hydrogen (secondary N) is 1. The number of aryl methyl sites for hydroxylation is 2. The van der Waals surface area contributed by atoms with Gasteiger partial charge in [0.25, 0.3) is 15.9 Å². The third-order valence-electron chi connectivity index (χ3n) is 5.21. The van der Waals surface area contributed by atoms with Crippen LogP contribution in [0.3, 0.4) is 0 Å². The summed E-state index contributed by atoms with van der Waals surface area (Å²) >= 11 is 0. The number of nitrogens with zero attached hydrogens (tertiary/aromatic N) is 1. The maximum Gasteiger partial charge on any atom is 0.264 e. The maximum atomic E-state index is 13.1. The molecule has 0 heterocycles. The Morgan fingerprint density at radius 3 is 2.19 bits per heavy atom. The molecule has 3 rings (SSSR count). The molecule has 31 heavy (non-hydrogen) atoms. The van der Waals surface area contributed by atoms with E-state index in [1.54, 1.807) is 68.4 Å². The predicted octanol–water partition coefficient (Wildman–Crippen LogP) is 4.76. The molecule has 0 saturated carbocycles. The van der Waals surface area contributed by atoms with Crippen LogP contribution >= 0.6 is 0 Å². The minimum Gasteiger partial charge on any atom is -0.346 e. The van der Waals surface area contributed by atoms with Gasteiger partial charge in [-0.1, -0.05) is 35.9 Å². The SMILES string of the molecule is Cc1ccc(S(=O)(=O)N(C)c2cc(C(=O)NC(C)c3ccc(F)cc3)ccc2C)cc1. The minimum absolute atomic E-state index is 0.180. The van der Waals surface area contributed by atoms with E-state index in [4.69, 9.17) is 0 Å². The molecule has 0 radical (unpaired) electrons. The van der Waals surface area contributed by atoms with Crippen molar-refractivity contribution in [3.05, 3.63) is 94.8 Å². The van der Waals surface area contributed by atoms with E-state index in [9.17, 15) is 17.6 Å². The van der Waals surface area contributed by atoms with Gasteiger partial charge in [0.05, 0.1) is 16.6 Å². The van der Waals surface area contributed by atoms with Crippen LogP contribution in [-0.2, 0) is 10.0 Å². The lowest BCUT2D eigenvalue weighted by Gasteiger charge is -2.22. The third kappa shape index (κ3) is 4.94. The Hall–Kier alpha value is -3.19. The van der Waals surface area contributed by atoms with Crippen LogP contribution in [0.1, 0.15) is 40.0 Å². The van der Waals surface area contributed by atoms with Crippen molar-refractivity contribution in [2.24, 2.45) is 0 Å². The molecule has 0 fully saturated rings. The van der Waals surface area contributed by atoms with E-state index in [2.05, 4.69) is 5.32 Å². The molecule has 5 nitrogen and oxygen atoms in total. The Morgan fingerprint density at radius 1 is 0.968 bits per heavy atom. The molecule has 0 aliphatic carbocycles. The molecule has 0 aliphatic heterocycles. The topological polar surface area (TPSA) is 66.5 Å². The molecule has 0 aromatic heterocycles. The number of rotatable bonds is 6. The fraction of sp³-hybridized carbons (Fsp3) is 0.208. The summed E-state index contributed by atoms with van der Waals surface area (Å²) in [5.74, 6) is -0.692. The molecule has 0 saturated heterocycles. The summed E-state index contributed by atoms with van der Waals surface area (Å²) in [6.07, 6.45) is 0. The number of sulfonamides is 1. The first-order chi connectivity index (χ1) is 14.6. The van der Waals surface area contributed by atoms with Crippen LogP contribution in [0.5, 0.6) is 0 Å². The summed E-state index contributed by atoms with van der Waals surface area (Å²) < 4.78 is 40.4. The number of anilines is 1. The standard InChI is InChI=1S/C24H25FN2O3S/c1-16-5-13-22(14-6-16)31(29,30)27(4)23-15-20(8-7-17(23)2)24(28)26-18(3)19-9-11-21(25)12-10-19/h5-15,18H,1-4H3,(H,26,28). The van der Waals surface area contributed by atoms with Crippen molar-refractivity contribution in [1.29, 1.82) is 0 Å². The largest absolute Gasteiger partial charge is 0.346 e. The summed E-state index contributed by atoms with van der Waals surface area (Å²) in [5.41, 5.74) is 3.21.